The van der Waals surface area contributed by atoms with Crippen LogP contribution in [-0.4, -0.2) is 35.6 Å². The van der Waals surface area contributed by atoms with Crippen LogP contribution in [0.1, 0.15) is 45.1 Å². The van der Waals surface area contributed by atoms with Crippen LogP contribution >= 0.6 is 0 Å². The Balaban J connectivity index is 1.62. The van der Waals surface area contributed by atoms with Gasteiger partial charge in [0.05, 0.1) is 5.60 Å². The van der Waals surface area contributed by atoms with Gasteiger partial charge in [-0.1, -0.05) is 42.5 Å². The number of rotatable bonds is 5. The van der Waals surface area contributed by atoms with Gasteiger partial charge in [-0.25, -0.2) is 0 Å². The Morgan fingerprint density at radius 3 is 2.65 bits per heavy atom. The molecule has 3 nitrogen and oxygen atoms in total. The molecular weight excluding hydrogens is 286 g/mol. The first kappa shape index (κ1) is 16.3. The molecule has 2 aliphatic rings. The van der Waals surface area contributed by atoms with E-state index >= 15 is 0 Å². The SMILES string of the molecule is CC1(C)CC(C(=O)N(C/C=C/c2ccccc2)C2CC2)CCO1. The maximum Gasteiger partial charge on any atom is 0.226 e. The Morgan fingerprint density at radius 1 is 1.26 bits per heavy atom. The predicted octanol–water partition coefficient (Wildman–Crippen LogP) is 3.90. The van der Waals surface area contributed by atoms with Gasteiger partial charge in [0.25, 0.3) is 0 Å². The van der Waals surface area contributed by atoms with Crippen LogP contribution in [0.4, 0.5) is 0 Å². The number of hydrogen-bond acceptors (Lipinski definition) is 2. The molecule has 0 radical (unpaired) electrons. The highest BCUT2D eigenvalue weighted by atomic mass is 16.5. The maximum atomic E-state index is 12.9. The minimum absolute atomic E-state index is 0.115. The Labute approximate surface area is 139 Å². The molecule has 0 spiro atoms. The van der Waals surface area contributed by atoms with E-state index in [4.69, 9.17) is 4.74 Å². The summed E-state index contributed by atoms with van der Waals surface area (Å²) in [7, 11) is 0. The van der Waals surface area contributed by atoms with Crippen LogP contribution in [-0.2, 0) is 9.53 Å². The minimum Gasteiger partial charge on any atom is -0.376 e. The van der Waals surface area contributed by atoms with E-state index in [0.717, 1.165) is 32.2 Å². The zero-order valence-corrected chi connectivity index (χ0v) is 14.2. The van der Waals surface area contributed by atoms with Crippen molar-refractivity contribution >= 4 is 12.0 Å². The van der Waals surface area contributed by atoms with Gasteiger partial charge in [-0.15, -0.1) is 0 Å². The maximum absolute atomic E-state index is 12.9. The van der Waals surface area contributed by atoms with Crippen LogP contribution < -0.4 is 0 Å². The lowest BCUT2D eigenvalue weighted by Crippen LogP contribution is -2.44. The van der Waals surface area contributed by atoms with Crippen LogP contribution in [0.25, 0.3) is 6.08 Å². The van der Waals surface area contributed by atoms with Crippen molar-refractivity contribution < 1.29 is 9.53 Å². The first-order valence-corrected chi connectivity index (χ1v) is 8.71. The first-order chi connectivity index (χ1) is 11.1. The molecule has 1 heterocycles. The van der Waals surface area contributed by atoms with Gasteiger partial charge in [0.15, 0.2) is 0 Å². The highest BCUT2D eigenvalue weighted by Gasteiger charge is 2.39. The predicted molar refractivity (Wildman–Crippen MR) is 93.0 cm³/mol. The molecule has 2 fully saturated rings. The quantitative estimate of drug-likeness (QED) is 0.825. The van der Waals surface area contributed by atoms with Crippen LogP contribution in [0.15, 0.2) is 36.4 Å². The summed E-state index contributed by atoms with van der Waals surface area (Å²) in [6.45, 7) is 5.59. The highest BCUT2D eigenvalue weighted by Crippen LogP contribution is 2.34. The molecule has 1 aliphatic heterocycles. The standard InChI is InChI=1S/C20H27NO2/c1-20(2)15-17(12-14-23-20)19(22)21(18-10-11-18)13-6-9-16-7-4-3-5-8-16/h3-9,17-18H,10-15H2,1-2H3/b9-6+. The van der Waals surface area contributed by atoms with Crippen molar-refractivity contribution in [3.63, 3.8) is 0 Å². The summed E-state index contributed by atoms with van der Waals surface area (Å²) < 4.78 is 5.76. The second kappa shape index (κ2) is 6.88. The number of carbonyl (C=O) groups is 1. The normalized spacial score (nSPS) is 23.8. The molecular formula is C20H27NO2. The molecule has 124 valence electrons. The average molecular weight is 313 g/mol. The van der Waals surface area contributed by atoms with Crippen LogP contribution in [0, 0.1) is 5.92 Å². The van der Waals surface area contributed by atoms with E-state index in [-0.39, 0.29) is 11.5 Å². The fraction of sp³-hybridized carbons (Fsp3) is 0.550. The molecule has 1 aliphatic carbocycles. The summed E-state index contributed by atoms with van der Waals surface area (Å²) in [6, 6.07) is 10.7. The molecule has 0 N–H and O–H groups in total. The number of amides is 1. The number of benzene rings is 1. The third-order valence-electron chi connectivity index (χ3n) is 4.73. The third kappa shape index (κ3) is 4.44. The van der Waals surface area contributed by atoms with Crippen molar-refractivity contribution in [2.45, 2.75) is 51.2 Å². The number of hydrogen-bond donors (Lipinski definition) is 0. The van der Waals surface area contributed by atoms with E-state index in [2.05, 4.69) is 43.0 Å². The van der Waals surface area contributed by atoms with Gasteiger partial charge in [-0.05, 0) is 45.1 Å². The Hall–Kier alpha value is -1.61. The van der Waals surface area contributed by atoms with E-state index in [9.17, 15) is 4.79 Å². The Morgan fingerprint density at radius 2 is 2.00 bits per heavy atom. The Kier molecular flexibility index (Phi) is 4.86. The lowest BCUT2D eigenvalue weighted by Gasteiger charge is -2.37. The molecule has 1 aromatic carbocycles. The smallest absolute Gasteiger partial charge is 0.226 e. The summed E-state index contributed by atoms with van der Waals surface area (Å²) in [5.74, 6) is 0.436. The van der Waals surface area contributed by atoms with Crippen molar-refractivity contribution in [3.8, 4) is 0 Å². The van der Waals surface area contributed by atoms with E-state index < -0.39 is 0 Å². The van der Waals surface area contributed by atoms with Crippen molar-refractivity contribution in [1.82, 2.24) is 4.90 Å². The molecule has 1 unspecified atom stereocenters. The Bertz CT molecular complexity index is 560. The van der Waals surface area contributed by atoms with E-state index in [0.29, 0.717) is 18.6 Å². The molecule has 1 atom stereocenters. The monoisotopic (exact) mass is 313 g/mol. The van der Waals surface area contributed by atoms with Crippen LogP contribution in [0.5, 0.6) is 0 Å². The topological polar surface area (TPSA) is 29.5 Å². The molecule has 1 saturated heterocycles. The molecule has 3 heteroatoms. The molecule has 3 rings (SSSR count). The number of carbonyl (C=O) groups excluding carboxylic acids is 1. The molecule has 1 saturated carbocycles. The van der Waals surface area contributed by atoms with Crippen molar-refractivity contribution in [2.75, 3.05) is 13.2 Å². The summed E-state index contributed by atoms with van der Waals surface area (Å²) >= 11 is 0. The summed E-state index contributed by atoms with van der Waals surface area (Å²) in [4.78, 5) is 15.0. The van der Waals surface area contributed by atoms with Gasteiger partial charge in [0.1, 0.15) is 0 Å². The van der Waals surface area contributed by atoms with E-state index in [1.54, 1.807) is 0 Å². The molecule has 23 heavy (non-hydrogen) atoms. The van der Waals surface area contributed by atoms with Crippen LogP contribution in [0.2, 0.25) is 0 Å². The van der Waals surface area contributed by atoms with Gasteiger partial charge in [-0.3, -0.25) is 4.79 Å². The zero-order valence-electron chi connectivity index (χ0n) is 14.2. The van der Waals surface area contributed by atoms with Gasteiger partial charge >= 0.3 is 0 Å². The molecule has 1 amide bonds. The minimum atomic E-state index is -0.173. The van der Waals surface area contributed by atoms with Gasteiger partial charge in [-0.2, -0.15) is 0 Å². The zero-order chi connectivity index (χ0) is 16.3. The van der Waals surface area contributed by atoms with Crippen molar-refractivity contribution in [3.05, 3.63) is 42.0 Å². The lowest BCUT2D eigenvalue weighted by molar-refractivity contribution is -0.145. The van der Waals surface area contributed by atoms with Gasteiger partial charge in [0.2, 0.25) is 5.91 Å². The first-order valence-electron chi connectivity index (χ1n) is 8.71. The van der Waals surface area contributed by atoms with E-state index in [1.807, 2.05) is 18.2 Å². The fourth-order valence-electron chi connectivity index (χ4n) is 3.35. The third-order valence-corrected chi connectivity index (χ3v) is 4.73. The van der Waals surface area contributed by atoms with E-state index in [1.165, 1.54) is 5.56 Å². The molecule has 0 bridgehead atoms. The average Bonchev–Trinajstić information content (AvgIpc) is 3.36. The fourth-order valence-corrected chi connectivity index (χ4v) is 3.35. The summed E-state index contributed by atoms with van der Waals surface area (Å²) in [6.07, 6.45) is 8.22. The van der Waals surface area contributed by atoms with Gasteiger partial charge < -0.3 is 9.64 Å². The largest absolute Gasteiger partial charge is 0.376 e. The van der Waals surface area contributed by atoms with Crippen molar-refractivity contribution in [1.29, 1.82) is 0 Å². The number of ether oxygens (including phenoxy) is 1. The highest BCUT2D eigenvalue weighted by molar-refractivity contribution is 5.80. The lowest BCUT2D eigenvalue weighted by atomic mass is 9.87. The van der Waals surface area contributed by atoms with Crippen molar-refractivity contribution in [2.24, 2.45) is 5.92 Å². The summed E-state index contributed by atoms with van der Waals surface area (Å²) in [5, 5.41) is 0. The summed E-state index contributed by atoms with van der Waals surface area (Å²) in [5.41, 5.74) is 1.01. The second-order valence-corrected chi connectivity index (χ2v) is 7.33. The molecule has 0 aromatic heterocycles. The second-order valence-electron chi connectivity index (χ2n) is 7.33. The molecule has 1 aromatic rings. The van der Waals surface area contributed by atoms with Gasteiger partial charge in [0, 0.05) is 25.1 Å². The van der Waals surface area contributed by atoms with Crippen LogP contribution in [0.3, 0.4) is 0 Å². The number of nitrogens with zero attached hydrogens (tertiary/aromatic N) is 1.